The molecule has 29 heavy (non-hydrogen) atoms. The van der Waals surface area contributed by atoms with Gasteiger partial charge in [0.2, 0.25) is 5.91 Å². The van der Waals surface area contributed by atoms with Crippen LogP contribution in [-0.4, -0.2) is 17.5 Å². The Balaban J connectivity index is 1.35. The maximum Gasteiger partial charge on any atom is 0.258 e. The van der Waals surface area contributed by atoms with Gasteiger partial charge in [0.15, 0.2) is 5.72 Å². The quantitative estimate of drug-likeness (QED) is 0.834. The Morgan fingerprint density at radius 3 is 2.86 bits per heavy atom. The van der Waals surface area contributed by atoms with Crippen molar-refractivity contribution < 1.29 is 18.7 Å². The smallest absolute Gasteiger partial charge is 0.258 e. The molecule has 1 aromatic heterocycles. The van der Waals surface area contributed by atoms with Crippen LogP contribution in [0.3, 0.4) is 0 Å². The maximum atomic E-state index is 13.0. The molecule has 2 aromatic rings. The predicted octanol–water partition coefficient (Wildman–Crippen LogP) is 3.55. The molecule has 4 aliphatic rings. The summed E-state index contributed by atoms with van der Waals surface area (Å²) in [5, 5.41) is 6.20. The van der Waals surface area contributed by atoms with E-state index in [-0.39, 0.29) is 29.1 Å². The second-order valence-corrected chi connectivity index (χ2v) is 9.03. The first-order chi connectivity index (χ1) is 13.9. The zero-order valence-corrected chi connectivity index (χ0v) is 16.8. The molecule has 0 radical (unpaired) electrons. The van der Waals surface area contributed by atoms with E-state index in [2.05, 4.69) is 17.6 Å². The minimum atomic E-state index is -0.715. The number of amides is 2. The van der Waals surface area contributed by atoms with E-state index in [0.717, 1.165) is 24.4 Å². The van der Waals surface area contributed by atoms with E-state index >= 15 is 0 Å². The van der Waals surface area contributed by atoms with Gasteiger partial charge in [-0.3, -0.25) is 9.59 Å². The van der Waals surface area contributed by atoms with Crippen molar-refractivity contribution in [3.63, 3.8) is 0 Å². The SMILES string of the molecule is Cc1ccc(CNC(=O)[C@@H]2C[C@@H]3CC[C@]2(C)C[C@@]32NC(=O)c3ccccc3O2)o1. The van der Waals surface area contributed by atoms with Crippen LogP contribution in [0.4, 0.5) is 0 Å². The highest BCUT2D eigenvalue weighted by Gasteiger charge is 2.61. The van der Waals surface area contributed by atoms with Crippen molar-refractivity contribution in [2.24, 2.45) is 17.3 Å². The number of hydrogen-bond acceptors (Lipinski definition) is 4. The molecule has 2 N–H and O–H groups in total. The van der Waals surface area contributed by atoms with Gasteiger partial charge in [-0.25, -0.2) is 0 Å². The molecule has 3 aliphatic carbocycles. The Kier molecular flexibility index (Phi) is 4.02. The molecule has 3 fully saturated rings. The molecular formula is C23H26N2O4. The molecule has 1 aromatic carbocycles. The van der Waals surface area contributed by atoms with Crippen molar-refractivity contribution in [3.8, 4) is 5.75 Å². The van der Waals surface area contributed by atoms with E-state index in [1.165, 1.54) is 0 Å². The molecule has 0 unspecified atom stereocenters. The monoisotopic (exact) mass is 394 g/mol. The Hall–Kier alpha value is -2.76. The Morgan fingerprint density at radius 2 is 2.10 bits per heavy atom. The maximum absolute atomic E-state index is 13.0. The zero-order chi connectivity index (χ0) is 20.2. The zero-order valence-electron chi connectivity index (χ0n) is 16.8. The van der Waals surface area contributed by atoms with Crippen molar-refractivity contribution in [1.82, 2.24) is 10.6 Å². The van der Waals surface area contributed by atoms with Gasteiger partial charge in [0.1, 0.15) is 17.3 Å². The van der Waals surface area contributed by atoms with Crippen molar-refractivity contribution in [3.05, 3.63) is 53.5 Å². The van der Waals surface area contributed by atoms with Crippen LogP contribution in [0, 0.1) is 24.2 Å². The number of hydrogen-bond donors (Lipinski definition) is 2. The number of ether oxygens (including phenoxy) is 1. The van der Waals surface area contributed by atoms with Crippen molar-refractivity contribution in [2.45, 2.75) is 51.8 Å². The summed E-state index contributed by atoms with van der Waals surface area (Å²) in [5.41, 5.74) is -0.363. The average molecular weight is 394 g/mol. The topological polar surface area (TPSA) is 80.6 Å². The van der Waals surface area contributed by atoms with Crippen molar-refractivity contribution >= 4 is 11.8 Å². The molecular weight excluding hydrogens is 368 g/mol. The number of furan rings is 1. The molecule has 6 heteroatoms. The number of para-hydroxylation sites is 1. The Morgan fingerprint density at radius 1 is 1.28 bits per heavy atom. The van der Waals surface area contributed by atoms with Crippen LogP contribution in [0.2, 0.25) is 0 Å². The van der Waals surface area contributed by atoms with E-state index in [4.69, 9.17) is 9.15 Å². The van der Waals surface area contributed by atoms with E-state index in [1.807, 2.05) is 37.3 Å². The fourth-order valence-electron chi connectivity index (χ4n) is 5.54. The number of benzene rings is 1. The van der Waals surface area contributed by atoms with Crippen LogP contribution in [0.1, 0.15) is 54.5 Å². The third-order valence-electron chi connectivity index (χ3n) is 7.05. The molecule has 1 spiro atoms. The molecule has 2 amide bonds. The van der Waals surface area contributed by atoms with Crippen LogP contribution >= 0.6 is 0 Å². The molecule has 1 aliphatic heterocycles. The van der Waals surface area contributed by atoms with Crippen LogP contribution in [0.25, 0.3) is 0 Å². The van der Waals surface area contributed by atoms with Gasteiger partial charge in [-0.1, -0.05) is 19.1 Å². The molecule has 152 valence electrons. The Bertz CT molecular complexity index is 983. The lowest BCUT2D eigenvalue weighted by molar-refractivity contribution is -0.167. The fraction of sp³-hybridized carbons (Fsp3) is 0.478. The number of fused-ring (bicyclic) bond motifs is 3. The lowest BCUT2D eigenvalue weighted by Gasteiger charge is -2.59. The number of carbonyl (C=O) groups excluding carboxylic acids is 2. The second kappa shape index (κ2) is 6.37. The van der Waals surface area contributed by atoms with E-state index in [1.54, 1.807) is 6.07 Å². The summed E-state index contributed by atoms with van der Waals surface area (Å²) >= 11 is 0. The third-order valence-corrected chi connectivity index (χ3v) is 7.05. The number of aryl methyl sites for hydroxylation is 1. The summed E-state index contributed by atoms with van der Waals surface area (Å²) in [6, 6.07) is 11.2. The van der Waals surface area contributed by atoms with Gasteiger partial charge in [0, 0.05) is 18.3 Å². The highest BCUT2D eigenvalue weighted by molar-refractivity contribution is 5.98. The number of carbonyl (C=O) groups is 2. The highest BCUT2D eigenvalue weighted by atomic mass is 16.5. The summed E-state index contributed by atoms with van der Waals surface area (Å²) in [7, 11) is 0. The van der Waals surface area contributed by atoms with Gasteiger partial charge < -0.3 is 19.8 Å². The largest absolute Gasteiger partial charge is 0.467 e. The number of nitrogens with one attached hydrogen (secondary N) is 2. The summed E-state index contributed by atoms with van der Waals surface area (Å²) in [6.45, 7) is 4.44. The van der Waals surface area contributed by atoms with Crippen molar-refractivity contribution in [1.29, 1.82) is 0 Å². The standard InChI is InChI=1S/C23H26N2O4/c1-14-7-8-16(28-14)12-24-21(27)18-11-15-9-10-22(18,2)13-23(15)25-20(26)17-5-3-4-6-19(17)29-23/h3-8,15,18H,9-13H2,1-2H3,(H,24,27)(H,25,26)/t15-,18-,22+,23-/m0/s1. The normalized spacial score (nSPS) is 32.4. The third kappa shape index (κ3) is 2.93. The molecule has 6 rings (SSSR count). The van der Waals surface area contributed by atoms with Gasteiger partial charge in [0.05, 0.1) is 12.1 Å². The molecule has 0 saturated heterocycles. The fourth-order valence-corrected chi connectivity index (χ4v) is 5.54. The first kappa shape index (κ1) is 18.3. The van der Waals surface area contributed by atoms with Gasteiger partial charge in [-0.15, -0.1) is 0 Å². The van der Waals surface area contributed by atoms with E-state index in [0.29, 0.717) is 30.7 Å². The Labute approximate surface area is 170 Å². The lowest BCUT2D eigenvalue weighted by Crippen LogP contribution is -2.69. The van der Waals surface area contributed by atoms with Crippen LogP contribution < -0.4 is 15.4 Å². The minimum Gasteiger partial charge on any atom is -0.467 e. The summed E-state index contributed by atoms with van der Waals surface area (Å²) in [5.74, 6) is 2.23. The molecule has 2 bridgehead atoms. The van der Waals surface area contributed by atoms with Crippen molar-refractivity contribution in [2.75, 3.05) is 0 Å². The second-order valence-electron chi connectivity index (χ2n) is 9.03. The van der Waals surface area contributed by atoms with Crippen LogP contribution in [0.15, 0.2) is 40.8 Å². The van der Waals surface area contributed by atoms with Gasteiger partial charge >= 0.3 is 0 Å². The first-order valence-corrected chi connectivity index (χ1v) is 10.3. The summed E-state index contributed by atoms with van der Waals surface area (Å²) < 4.78 is 12.0. The highest BCUT2D eigenvalue weighted by Crippen LogP contribution is 2.58. The molecule has 3 saturated carbocycles. The minimum absolute atomic E-state index is 0.0589. The summed E-state index contributed by atoms with van der Waals surface area (Å²) in [6.07, 6.45) is 3.25. The van der Waals surface area contributed by atoms with E-state index in [9.17, 15) is 9.59 Å². The van der Waals surface area contributed by atoms with Gasteiger partial charge in [-0.2, -0.15) is 0 Å². The summed E-state index contributed by atoms with van der Waals surface area (Å²) in [4.78, 5) is 25.8. The number of rotatable bonds is 3. The molecule has 6 nitrogen and oxygen atoms in total. The van der Waals surface area contributed by atoms with Gasteiger partial charge in [-0.05, 0) is 55.9 Å². The molecule has 2 heterocycles. The van der Waals surface area contributed by atoms with Crippen LogP contribution in [-0.2, 0) is 11.3 Å². The predicted molar refractivity (Wildman–Crippen MR) is 106 cm³/mol. The average Bonchev–Trinajstić information content (AvgIpc) is 3.11. The molecule has 4 atom stereocenters. The van der Waals surface area contributed by atoms with E-state index < -0.39 is 5.72 Å². The van der Waals surface area contributed by atoms with Crippen LogP contribution in [0.5, 0.6) is 5.75 Å². The first-order valence-electron chi connectivity index (χ1n) is 10.3. The lowest BCUT2D eigenvalue weighted by atomic mass is 9.52. The van der Waals surface area contributed by atoms with Gasteiger partial charge in [0.25, 0.3) is 5.91 Å².